The second kappa shape index (κ2) is 10.6. The van der Waals surface area contributed by atoms with E-state index in [1.807, 2.05) is 98.8 Å². The molecule has 34 heavy (non-hydrogen) atoms. The molecule has 3 aromatic carbocycles. The van der Waals surface area contributed by atoms with Crippen LogP contribution in [0.2, 0.25) is 0 Å². The third-order valence-electron chi connectivity index (χ3n) is 5.28. The average Bonchev–Trinajstić information content (AvgIpc) is 3.28. The van der Waals surface area contributed by atoms with Crippen molar-refractivity contribution >= 4 is 17.6 Å². The van der Waals surface area contributed by atoms with E-state index < -0.39 is 0 Å². The van der Waals surface area contributed by atoms with Gasteiger partial charge in [-0.05, 0) is 30.2 Å². The smallest absolute Gasteiger partial charge is 0.254 e. The highest BCUT2D eigenvalue weighted by atomic mass is 16.2. The lowest BCUT2D eigenvalue weighted by Gasteiger charge is -2.24. The van der Waals surface area contributed by atoms with Crippen molar-refractivity contribution < 1.29 is 9.59 Å². The van der Waals surface area contributed by atoms with Crippen LogP contribution in [0.25, 0.3) is 16.9 Å². The molecule has 6 nitrogen and oxygen atoms in total. The van der Waals surface area contributed by atoms with Crippen LogP contribution in [0.1, 0.15) is 24.2 Å². The van der Waals surface area contributed by atoms with Gasteiger partial charge in [-0.1, -0.05) is 80.6 Å². The summed E-state index contributed by atoms with van der Waals surface area (Å²) in [7, 11) is 0. The first-order valence-electron chi connectivity index (χ1n) is 11.4. The number of benzene rings is 3. The fraction of sp³-hybridized carbons (Fsp3) is 0.179. The molecule has 0 unspecified atom stereocenters. The first-order valence-corrected chi connectivity index (χ1v) is 11.4. The Morgan fingerprint density at radius 1 is 0.882 bits per heavy atom. The highest BCUT2D eigenvalue weighted by molar-refractivity contribution is 5.99. The summed E-state index contributed by atoms with van der Waals surface area (Å²) in [6.45, 7) is 4.49. The van der Waals surface area contributed by atoms with Crippen molar-refractivity contribution in [3.05, 3.63) is 103 Å². The fourth-order valence-corrected chi connectivity index (χ4v) is 3.77. The minimum atomic E-state index is -0.276. The molecule has 1 aromatic heterocycles. The van der Waals surface area contributed by atoms with Crippen LogP contribution in [0.4, 0.5) is 5.82 Å². The van der Waals surface area contributed by atoms with Gasteiger partial charge in [-0.25, -0.2) is 4.68 Å². The first kappa shape index (κ1) is 23.0. The van der Waals surface area contributed by atoms with Gasteiger partial charge in [0.25, 0.3) is 5.91 Å². The van der Waals surface area contributed by atoms with E-state index in [2.05, 4.69) is 5.32 Å². The average molecular weight is 453 g/mol. The molecule has 6 heteroatoms. The zero-order valence-electron chi connectivity index (χ0n) is 19.4. The Morgan fingerprint density at radius 3 is 2.09 bits per heavy atom. The maximum atomic E-state index is 13.1. The van der Waals surface area contributed by atoms with Crippen molar-refractivity contribution in [3.63, 3.8) is 0 Å². The van der Waals surface area contributed by atoms with Gasteiger partial charge in [0, 0.05) is 23.7 Å². The lowest BCUT2D eigenvalue weighted by Crippen LogP contribution is -2.40. The number of para-hydroxylation sites is 1. The minimum absolute atomic E-state index is 0.0491. The SMILES string of the molecule is CC(C)CN(CC(=O)Nc1cc(-c2ccccc2)nn1-c1ccccc1)C(=O)c1ccccc1. The fourth-order valence-electron chi connectivity index (χ4n) is 3.77. The summed E-state index contributed by atoms with van der Waals surface area (Å²) < 4.78 is 1.71. The van der Waals surface area contributed by atoms with Crippen LogP contribution < -0.4 is 5.32 Å². The molecule has 0 spiro atoms. The number of rotatable bonds is 8. The van der Waals surface area contributed by atoms with E-state index in [-0.39, 0.29) is 24.3 Å². The number of nitrogens with zero attached hydrogens (tertiary/aromatic N) is 3. The molecule has 0 saturated heterocycles. The lowest BCUT2D eigenvalue weighted by molar-refractivity contribution is -0.117. The van der Waals surface area contributed by atoms with E-state index in [4.69, 9.17) is 5.10 Å². The molecule has 1 N–H and O–H groups in total. The Morgan fingerprint density at radius 2 is 1.47 bits per heavy atom. The van der Waals surface area contributed by atoms with E-state index in [0.29, 0.717) is 17.9 Å². The summed E-state index contributed by atoms with van der Waals surface area (Å²) in [4.78, 5) is 27.8. The lowest BCUT2D eigenvalue weighted by atomic mass is 10.1. The first-order chi connectivity index (χ1) is 16.5. The van der Waals surface area contributed by atoms with Crippen LogP contribution in [0.3, 0.4) is 0 Å². The van der Waals surface area contributed by atoms with Crippen molar-refractivity contribution in [1.82, 2.24) is 14.7 Å². The molecule has 0 aliphatic heterocycles. The topological polar surface area (TPSA) is 67.2 Å². The van der Waals surface area contributed by atoms with Gasteiger partial charge < -0.3 is 10.2 Å². The second-order valence-electron chi connectivity index (χ2n) is 8.52. The van der Waals surface area contributed by atoms with E-state index in [0.717, 1.165) is 16.9 Å². The van der Waals surface area contributed by atoms with Crippen molar-refractivity contribution in [1.29, 1.82) is 0 Å². The number of hydrogen-bond acceptors (Lipinski definition) is 3. The molecule has 0 radical (unpaired) electrons. The summed E-state index contributed by atoms with van der Waals surface area (Å²) >= 11 is 0. The van der Waals surface area contributed by atoms with Crippen molar-refractivity contribution in [2.45, 2.75) is 13.8 Å². The number of nitrogens with one attached hydrogen (secondary N) is 1. The maximum absolute atomic E-state index is 13.1. The van der Waals surface area contributed by atoms with Gasteiger partial charge in [0.1, 0.15) is 12.4 Å². The molecular weight excluding hydrogens is 424 g/mol. The molecule has 0 fully saturated rings. The molecule has 1 heterocycles. The van der Waals surface area contributed by atoms with E-state index in [1.165, 1.54) is 0 Å². The Kier molecular flexibility index (Phi) is 7.18. The van der Waals surface area contributed by atoms with Crippen LogP contribution in [0, 0.1) is 5.92 Å². The summed E-state index contributed by atoms with van der Waals surface area (Å²) in [6, 6.07) is 30.4. The summed E-state index contributed by atoms with van der Waals surface area (Å²) in [5.41, 5.74) is 3.10. The largest absolute Gasteiger partial charge is 0.329 e. The van der Waals surface area contributed by atoms with E-state index in [9.17, 15) is 9.59 Å². The summed E-state index contributed by atoms with van der Waals surface area (Å²) in [6.07, 6.45) is 0. The molecule has 0 aliphatic carbocycles. The van der Waals surface area contributed by atoms with Gasteiger partial charge in [-0.15, -0.1) is 0 Å². The number of carbonyl (C=O) groups is 2. The molecule has 2 amide bonds. The third kappa shape index (κ3) is 5.59. The molecule has 0 bridgehead atoms. The summed E-state index contributed by atoms with van der Waals surface area (Å²) in [5.74, 6) is 0.333. The van der Waals surface area contributed by atoms with Crippen molar-refractivity contribution in [2.75, 3.05) is 18.4 Å². The number of amides is 2. The monoisotopic (exact) mass is 452 g/mol. The zero-order valence-corrected chi connectivity index (χ0v) is 19.4. The Hall–Kier alpha value is -4.19. The highest BCUT2D eigenvalue weighted by Gasteiger charge is 2.21. The van der Waals surface area contributed by atoms with Gasteiger partial charge in [-0.2, -0.15) is 5.10 Å². The number of anilines is 1. The van der Waals surface area contributed by atoms with E-state index in [1.54, 1.807) is 21.7 Å². The molecule has 172 valence electrons. The molecule has 0 atom stereocenters. The van der Waals surface area contributed by atoms with Crippen molar-refractivity contribution in [2.24, 2.45) is 5.92 Å². The van der Waals surface area contributed by atoms with Gasteiger partial charge in [-0.3, -0.25) is 9.59 Å². The second-order valence-corrected chi connectivity index (χ2v) is 8.52. The maximum Gasteiger partial charge on any atom is 0.254 e. The number of aromatic nitrogens is 2. The summed E-state index contributed by atoms with van der Waals surface area (Å²) in [5, 5.41) is 7.71. The Labute approximate surface area is 199 Å². The van der Waals surface area contributed by atoms with Gasteiger partial charge in [0.05, 0.1) is 11.4 Å². The van der Waals surface area contributed by atoms with Gasteiger partial charge in [0.15, 0.2) is 0 Å². The van der Waals surface area contributed by atoms with Crippen LogP contribution in [0.15, 0.2) is 97.1 Å². The molecule has 4 aromatic rings. The van der Waals surface area contributed by atoms with E-state index >= 15 is 0 Å². The van der Waals surface area contributed by atoms with Crippen LogP contribution in [-0.2, 0) is 4.79 Å². The van der Waals surface area contributed by atoms with Crippen molar-refractivity contribution in [3.8, 4) is 16.9 Å². The van der Waals surface area contributed by atoms with Crippen LogP contribution in [-0.4, -0.2) is 39.6 Å². The Balaban J connectivity index is 1.59. The molecule has 4 rings (SSSR count). The van der Waals surface area contributed by atoms with Gasteiger partial charge >= 0.3 is 0 Å². The Bertz CT molecular complexity index is 1240. The van der Waals surface area contributed by atoms with Gasteiger partial charge in [0.2, 0.25) is 5.91 Å². The molecule has 0 saturated carbocycles. The zero-order chi connectivity index (χ0) is 23.9. The standard InChI is InChI=1S/C28H28N4O2/c1-21(2)19-31(28(34)23-14-8-4-9-15-23)20-27(33)29-26-18-25(22-12-6-3-7-13-22)30-32(26)24-16-10-5-11-17-24/h3-18,21H,19-20H2,1-2H3,(H,29,33). The minimum Gasteiger partial charge on any atom is -0.329 e. The van der Waals surface area contributed by atoms with Crippen LogP contribution >= 0.6 is 0 Å². The van der Waals surface area contributed by atoms with Crippen LogP contribution in [0.5, 0.6) is 0 Å². The predicted octanol–water partition coefficient (Wildman–Crippen LogP) is 5.28. The number of hydrogen-bond donors (Lipinski definition) is 1. The highest BCUT2D eigenvalue weighted by Crippen LogP contribution is 2.24. The normalized spacial score (nSPS) is 10.8. The molecule has 0 aliphatic rings. The quantitative estimate of drug-likeness (QED) is 0.396. The predicted molar refractivity (Wildman–Crippen MR) is 135 cm³/mol. The third-order valence-corrected chi connectivity index (χ3v) is 5.28. The number of carbonyl (C=O) groups excluding carboxylic acids is 2. The molecular formula is C28H28N4O2.